The number of hydrogen-bond donors (Lipinski definition) is 2. The smallest absolute Gasteiger partial charge is 0.410 e. The van der Waals surface area contributed by atoms with Crippen molar-refractivity contribution in [3.05, 3.63) is 40.4 Å². The summed E-state index contributed by atoms with van der Waals surface area (Å²) in [5.41, 5.74) is 7.26. The molecular weight excluding hydrogens is 388 g/mol. The fourth-order valence-corrected chi connectivity index (χ4v) is 4.27. The molecule has 1 aromatic heterocycles. The fraction of sp³-hybridized carbons (Fsp3) is 0.476. The predicted molar refractivity (Wildman–Crippen MR) is 115 cm³/mol. The maximum atomic E-state index is 12.5. The van der Waals surface area contributed by atoms with Crippen LogP contribution in [-0.2, 0) is 4.74 Å². The molecule has 1 saturated heterocycles. The first-order valence-electron chi connectivity index (χ1n) is 9.75. The van der Waals surface area contributed by atoms with Crippen LogP contribution in [0.15, 0.2) is 24.3 Å². The Morgan fingerprint density at radius 1 is 1.24 bits per heavy atom. The maximum absolute atomic E-state index is 12.5. The van der Waals surface area contributed by atoms with E-state index in [4.69, 9.17) is 10.5 Å². The van der Waals surface area contributed by atoms with Gasteiger partial charge in [-0.3, -0.25) is 10.1 Å². The van der Waals surface area contributed by atoms with Crippen molar-refractivity contribution in [3.63, 3.8) is 0 Å². The molecule has 0 spiro atoms. The molecular formula is C21H28N4O3S. The average Bonchev–Trinajstić information content (AvgIpc) is 3.01. The van der Waals surface area contributed by atoms with Crippen molar-refractivity contribution in [2.75, 3.05) is 24.1 Å². The minimum Gasteiger partial charge on any atom is -0.444 e. The lowest BCUT2D eigenvalue weighted by Crippen LogP contribution is -2.41. The second-order valence-electron chi connectivity index (χ2n) is 8.24. The van der Waals surface area contributed by atoms with Gasteiger partial charge >= 0.3 is 6.09 Å². The molecule has 2 aromatic rings. The molecule has 3 N–H and O–H groups in total. The van der Waals surface area contributed by atoms with Gasteiger partial charge < -0.3 is 15.4 Å². The molecule has 2 heterocycles. The van der Waals surface area contributed by atoms with Crippen LogP contribution in [0.25, 0.3) is 0 Å². The lowest BCUT2D eigenvalue weighted by molar-refractivity contribution is 0.0204. The van der Waals surface area contributed by atoms with Crippen molar-refractivity contribution in [2.24, 2.45) is 0 Å². The van der Waals surface area contributed by atoms with Crippen molar-refractivity contribution < 1.29 is 14.3 Å². The molecule has 1 aromatic carbocycles. The maximum Gasteiger partial charge on any atom is 0.410 e. The number of aryl methyl sites for hydroxylation is 1. The normalized spacial score (nSPS) is 15.2. The molecule has 1 fully saturated rings. The lowest BCUT2D eigenvalue weighted by Gasteiger charge is -2.33. The summed E-state index contributed by atoms with van der Waals surface area (Å²) in [5, 5.41) is 3.43. The molecule has 156 valence electrons. The Morgan fingerprint density at radius 2 is 1.90 bits per heavy atom. The Bertz CT molecular complexity index is 896. The number of nitrogens with two attached hydrogens (primary N) is 1. The van der Waals surface area contributed by atoms with Crippen LogP contribution in [0, 0.1) is 6.92 Å². The van der Waals surface area contributed by atoms with Gasteiger partial charge in [0.05, 0.1) is 11.3 Å². The zero-order chi connectivity index (χ0) is 21.2. The molecule has 0 saturated carbocycles. The van der Waals surface area contributed by atoms with E-state index in [2.05, 4.69) is 10.3 Å². The van der Waals surface area contributed by atoms with Crippen LogP contribution in [0.4, 0.5) is 15.6 Å². The van der Waals surface area contributed by atoms with Crippen molar-refractivity contribution in [2.45, 2.75) is 52.1 Å². The number of para-hydroxylation sites is 1. The first kappa shape index (κ1) is 21.1. The van der Waals surface area contributed by atoms with Crippen LogP contribution >= 0.6 is 11.3 Å². The van der Waals surface area contributed by atoms with Crippen molar-refractivity contribution in [3.8, 4) is 0 Å². The molecule has 0 atom stereocenters. The molecule has 29 heavy (non-hydrogen) atoms. The van der Waals surface area contributed by atoms with E-state index in [-0.39, 0.29) is 17.9 Å². The van der Waals surface area contributed by atoms with Gasteiger partial charge in [-0.25, -0.2) is 9.78 Å². The number of nitrogen functional groups attached to an aromatic ring is 1. The third kappa shape index (κ3) is 5.26. The number of amides is 2. The Kier molecular flexibility index (Phi) is 6.12. The van der Waals surface area contributed by atoms with E-state index in [1.165, 1.54) is 11.3 Å². The molecule has 1 aliphatic heterocycles. The highest BCUT2D eigenvalue weighted by Gasteiger charge is 2.29. The molecule has 0 aliphatic carbocycles. The minimum absolute atomic E-state index is 0.261. The quantitative estimate of drug-likeness (QED) is 0.723. The largest absolute Gasteiger partial charge is 0.444 e. The number of likely N-dealkylation sites (tertiary alicyclic amines) is 1. The van der Waals surface area contributed by atoms with Gasteiger partial charge in [-0.15, -0.1) is 11.3 Å². The summed E-state index contributed by atoms with van der Waals surface area (Å²) < 4.78 is 5.46. The van der Waals surface area contributed by atoms with Gasteiger partial charge in [-0.2, -0.15) is 0 Å². The summed E-state index contributed by atoms with van der Waals surface area (Å²) in [7, 11) is 0. The van der Waals surface area contributed by atoms with E-state index in [0.29, 0.717) is 29.5 Å². The third-order valence-electron chi connectivity index (χ3n) is 4.79. The first-order valence-corrected chi connectivity index (χ1v) is 10.6. The number of benzene rings is 1. The van der Waals surface area contributed by atoms with Crippen LogP contribution in [-0.4, -0.2) is 40.6 Å². The Labute approximate surface area is 175 Å². The number of piperidine rings is 1. The molecule has 3 rings (SSSR count). The Hall–Kier alpha value is -2.61. The summed E-state index contributed by atoms with van der Waals surface area (Å²) in [6.45, 7) is 8.90. The number of rotatable bonds is 3. The summed E-state index contributed by atoms with van der Waals surface area (Å²) in [6.07, 6.45) is 1.38. The van der Waals surface area contributed by atoms with E-state index < -0.39 is 5.60 Å². The number of thiazole rings is 1. The predicted octanol–water partition coefficient (Wildman–Crippen LogP) is 4.40. The Balaban J connectivity index is 1.62. The molecule has 8 heteroatoms. The second kappa shape index (κ2) is 8.41. The summed E-state index contributed by atoms with van der Waals surface area (Å²) in [6, 6.07) is 6.97. The van der Waals surface area contributed by atoms with Crippen molar-refractivity contribution >= 4 is 34.2 Å². The standard InChI is InChI=1S/C21H28N4O3S/c1-13-17(14-9-11-25(12-10-14)20(27)28-21(2,3)4)23-19(29-13)24-18(26)15-7-5-6-8-16(15)22/h5-8,14H,9-12,22H2,1-4H3,(H,23,24,26). The van der Waals surface area contributed by atoms with Gasteiger partial charge in [0.15, 0.2) is 5.13 Å². The zero-order valence-electron chi connectivity index (χ0n) is 17.3. The van der Waals surface area contributed by atoms with Gasteiger partial charge in [-0.1, -0.05) is 12.1 Å². The van der Waals surface area contributed by atoms with E-state index in [1.54, 1.807) is 29.2 Å². The molecule has 0 radical (unpaired) electrons. The number of anilines is 2. The van der Waals surface area contributed by atoms with E-state index in [9.17, 15) is 9.59 Å². The number of carbonyl (C=O) groups is 2. The highest BCUT2D eigenvalue weighted by atomic mass is 32.1. The summed E-state index contributed by atoms with van der Waals surface area (Å²) in [4.78, 5) is 32.2. The van der Waals surface area contributed by atoms with E-state index in [0.717, 1.165) is 23.4 Å². The van der Waals surface area contributed by atoms with Crippen LogP contribution < -0.4 is 11.1 Å². The minimum atomic E-state index is -0.491. The zero-order valence-corrected chi connectivity index (χ0v) is 18.1. The summed E-state index contributed by atoms with van der Waals surface area (Å²) in [5.74, 6) is 0.000489. The number of carbonyl (C=O) groups excluding carboxylic acids is 2. The highest BCUT2D eigenvalue weighted by Crippen LogP contribution is 2.34. The molecule has 2 amide bonds. The van der Waals surface area contributed by atoms with Crippen LogP contribution in [0.1, 0.15) is 60.5 Å². The van der Waals surface area contributed by atoms with Crippen molar-refractivity contribution in [1.29, 1.82) is 0 Å². The number of nitrogens with one attached hydrogen (secondary N) is 1. The van der Waals surface area contributed by atoms with Crippen LogP contribution in [0.3, 0.4) is 0 Å². The highest BCUT2D eigenvalue weighted by molar-refractivity contribution is 7.15. The number of aromatic nitrogens is 1. The number of ether oxygens (including phenoxy) is 1. The van der Waals surface area contributed by atoms with Crippen LogP contribution in [0.2, 0.25) is 0 Å². The fourth-order valence-electron chi connectivity index (χ4n) is 3.37. The van der Waals surface area contributed by atoms with Gasteiger partial charge in [0, 0.05) is 29.6 Å². The Morgan fingerprint density at radius 3 is 2.52 bits per heavy atom. The molecule has 0 unspecified atom stereocenters. The molecule has 1 aliphatic rings. The topological polar surface area (TPSA) is 97.5 Å². The number of nitrogens with zero attached hydrogens (tertiary/aromatic N) is 2. The third-order valence-corrected chi connectivity index (χ3v) is 5.69. The van der Waals surface area contributed by atoms with Crippen molar-refractivity contribution in [1.82, 2.24) is 9.88 Å². The molecule has 0 bridgehead atoms. The average molecular weight is 417 g/mol. The van der Waals surface area contributed by atoms with Gasteiger partial charge in [0.1, 0.15) is 5.60 Å². The SMILES string of the molecule is Cc1sc(NC(=O)c2ccccc2N)nc1C1CCN(C(=O)OC(C)(C)C)CC1. The molecule has 7 nitrogen and oxygen atoms in total. The van der Waals surface area contributed by atoms with E-state index in [1.807, 2.05) is 27.7 Å². The summed E-state index contributed by atoms with van der Waals surface area (Å²) >= 11 is 1.46. The first-order chi connectivity index (χ1) is 13.6. The number of hydrogen-bond acceptors (Lipinski definition) is 6. The van der Waals surface area contributed by atoms with Gasteiger partial charge in [0.2, 0.25) is 0 Å². The lowest BCUT2D eigenvalue weighted by atomic mass is 9.93. The van der Waals surface area contributed by atoms with Gasteiger partial charge in [-0.05, 0) is 52.7 Å². The second-order valence-corrected chi connectivity index (χ2v) is 9.45. The monoisotopic (exact) mass is 416 g/mol. The van der Waals surface area contributed by atoms with Gasteiger partial charge in [0.25, 0.3) is 5.91 Å². The van der Waals surface area contributed by atoms with Crippen LogP contribution in [0.5, 0.6) is 0 Å². The van der Waals surface area contributed by atoms with E-state index >= 15 is 0 Å².